The van der Waals surface area contributed by atoms with E-state index in [-0.39, 0.29) is 16.4 Å². The molecule has 0 aromatic heterocycles. The number of rotatable bonds is 2. The molecule has 3 heterocycles. The predicted molar refractivity (Wildman–Crippen MR) is 92.8 cm³/mol. The van der Waals surface area contributed by atoms with Gasteiger partial charge in [-0.1, -0.05) is 18.2 Å². The second-order valence-electron chi connectivity index (χ2n) is 8.18. The maximum Gasteiger partial charge on any atom is 0.136 e. The van der Waals surface area contributed by atoms with Gasteiger partial charge in [0.15, 0.2) is 0 Å². The molecule has 0 saturated carbocycles. The Balaban J connectivity index is 1.68. The summed E-state index contributed by atoms with van der Waals surface area (Å²) in [7, 11) is 0. The Labute approximate surface area is 141 Å². The lowest BCUT2D eigenvalue weighted by atomic mass is 9.80. The highest BCUT2D eigenvalue weighted by atomic mass is 32.2. The molecule has 4 rings (SSSR count). The van der Waals surface area contributed by atoms with Gasteiger partial charge >= 0.3 is 0 Å². The molecular formula is C18H26N2O2S. The van der Waals surface area contributed by atoms with Crippen molar-refractivity contribution in [3.63, 3.8) is 0 Å². The van der Waals surface area contributed by atoms with Crippen molar-refractivity contribution in [1.82, 2.24) is 10.0 Å². The van der Waals surface area contributed by atoms with Crippen LogP contribution in [0.4, 0.5) is 0 Å². The van der Waals surface area contributed by atoms with E-state index in [1.54, 1.807) is 0 Å². The Hall–Kier alpha value is -0.750. The molecule has 4 nitrogen and oxygen atoms in total. The average Bonchev–Trinajstić information content (AvgIpc) is 2.97. The van der Waals surface area contributed by atoms with Gasteiger partial charge in [-0.2, -0.15) is 0 Å². The Kier molecular flexibility index (Phi) is 3.69. The molecule has 2 fully saturated rings. The minimum Gasteiger partial charge on any atom is -0.598 e. The minimum absolute atomic E-state index is 0.00367. The number of piperidine rings is 1. The largest absolute Gasteiger partial charge is 0.598 e. The molecule has 2 bridgehead atoms. The molecule has 126 valence electrons. The summed E-state index contributed by atoms with van der Waals surface area (Å²) in [5, 5.41) is 3.69. The molecule has 1 aromatic rings. The standard InChI is InChI=1S/C18H26N2O2S/c1-17(2,3)23(21)20-16-14-6-4-5-7-15(14)22-18(16)10-12-8-9-13(11-18)19-12/h4-7,12-13,16,19-20H,8-11H2,1-3H3/t12-,13+,16-,18?,23?/m1/s1. The molecule has 3 aliphatic heterocycles. The van der Waals surface area contributed by atoms with Crippen LogP contribution in [0.15, 0.2) is 24.3 Å². The molecule has 0 amide bonds. The van der Waals surface area contributed by atoms with E-state index in [0.29, 0.717) is 12.1 Å². The summed E-state index contributed by atoms with van der Waals surface area (Å²) in [6, 6.07) is 9.28. The van der Waals surface area contributed by atoms with Crippen molar-refractivity contribution < 1.29 is 9.29 Å². The Morgan fingerprint density at radius 3 is 2.52 bits per heavy atom. The number of fused-ring (bicyclic) bond motifs is 3. The first-order valence-corrected chi connectivity index (χ1v) is 9.74. The summed E-state index contributed by atoms with van der Waals surface area (Å²) in [6.45, 7) is 6.03. The number of benzene rings is 1. The number of hydrogen-bond acceptors (Lipinski definition) is 4. The van der Waals surface area contributed by atoms with Gasteiger partial charge in [0.05, 0.1) is 0 Å². The van der Waals surface area contributed by atoms with Crippen LogP contribution < -0.4 is 14.8 Å². The van der Waals surface area contributed by atoms with E-state index in [0.717, 1.165) is 24.2 Å². The zero-order chi connectivity index (χ0) is 16.2. The summed E-state index contributed by atoms with van der Waals surface area (Å²) >= 11 is -1.11. The molecule has 2 N–H and O–H groups in total. The normalized spacial score (nSPS) is 36.8. The smallest absolute Gasteiger partial charge is 0.136 e. The third kappa shape index (κ3) is 2.68. The molecule has 1 spiro atoms. The van der Waals surface area contributed by atoms with Crippen molar-refractivity contribution in [2.45, 2.75) is 74.9 Å². The first kappa shape index (κ1) is 15.8. The highest BCUT2D eigenvalue weighted by Gasteiger charge is 2.56. The summed E-state index contributed by atoms with van der Waals surface area (Å²) in [5.74, 6) is 0.956. The van der Waals surface area contributed by atoms with Crippen molar-refractivity contribution in [2.75, 3.05) is 0 Å². The van der Waals surface area contributed by atoms with Gasteiger partial charge < -0.3 is 14.6 Å². The van der Waals surface area contributed by atoms with Crippen molar-refractivity contribution in [2.24, 2.45) is 0 Å². The molecule has 0 radical (unpaired) electrons. The van der Waals surface area contributed by atoms with Crippen molar-refractivity contribution >= 4 is 11.4 Å². The van der Waals surface area contributed by atoms with Gasteiger partial charge in [0.25, 0.3) is 0 Å². The minimum atomic E-state index is -1.11. The summed E-state index contributed by atoms with van der Waals surface area (Å²) in [4.78, 5) is 0. The van der Waals surface area contributed by atoms with Crippen molar-refractivity contribution in [3.05, 3.63) is 29.8 Å². The lowest BCUT2D eigenvalue weighted by Crippen LogP contribution is -2.57. The third-order valence-corrected chi connectivity index (χ3v) is 6.93. The van der Waals surface area contributed by atoms with Crippen LogP contribution in [0.5, 0.6) is 5.75 Å². The highest BCUT2D eigenvalue weighted by molar-refractivity contribution is 7.90. The van der Waals surface area contributed by atoms with E-state index >= 15 is 0 Å². The van der Waals surface area contributed by atoms with Gasteiger partial charge in [-0.05, 0) is 39.7 Å². The predicted octanol–water partition coefficient (Wildman–Crippen LogP) is 2.83. The summed E-state index contributed by atoms with van der Waals surface area (Å²) in [6.07, 6.45) is 4.41. The van der Waals surface area contributed by atoms with Crippen LogP contribution in [0.25, 0.3) is 0 Å². The van der Waals surface area contributed by atoms with E-state index in [1.807, 2.05) is 39.0 Å². The zero-order valence-electron chi connectivity index (χ0n) is 14.1. The van der Waals surface area contributed by atoms with Crippen LogP contribution in [0.3, 0.4) is 0 Å². The zero-order valence-corrected chi connectivity index (χ0v) is 14.9. The Morgan fingerprint density at radius 2 is 1.87 bits per heavy atom. The average molecular weight is 334 g/mol. The van der Waals surface area contributed by atoms with Crippen LogP contribution in [0, 0.1) is 0 Å². The lowest BCUT2D eigenvalue weighted by Gasteiger charge is -2.42. The van der Waals surface area contributed by atoms with Gasteiger partial charge in [0.1, 0.15) is 22.1 Å². The fraction of sp³-hybridized carbons (Fsp3) is 0.667. The number of nitrogens with one attached hydrogen (secondary N) is 2. The first-order valence-electron chi connectivity index (χ1n) is 8.59. The van der Waals surface area contributed by atoms with Crippen LogP contribution in [-0.2, 0) is 11.4 Å². The fourth-order valence-corrected chi connectivity index (χ4v) is 5.20. The van der Waals surface area contributed by atoms with E-state index in [9.17, 15) is 4.55 Å². The number of para-hydroxylation sites is 1. The first-order chi connectivity index (χ1) is 10.9. The molecule has 0 aliphatic carbocycles. The third-order valence-electron chi connectivity index (χ3n) is 5.37. The molecule has 3 aliphatic rings. The number of ether oxygens (including phenoxy) is 1. The molecule has 2 unspecified atom stereocenters. The summed E-state index contributed by atoms with van der Waals surface area (Å²) < 4.78 is 22.4. The van der Waals surface area contributed by atoms with E-state index in [2.05, 4.69) is 16.1 Å². The molecular weight excluding hydrogens is 308 g/mol. The van der Waals surface area contributed by atoms with Gasteiger partial charge in [-0.15, -0.1) is 4.72 Å². The van der Waals surface area contributed by atoms with Crippen LogP contribution in [0.2, 0.25) is 0 Å². The molecule has 2 saturated heterocycles. The van der Waals surface area contributed by atoms with Crippen LogP contribution in [0.1, 0.15) is 58.1 Å². The second-order valence-corrected chi connectivity index (χ2v) is 10.2. The second kappa shape index (κ2) is 5.38. The van der Waals surface area contributed by atoms with Gasteiger partial charge in [0.2, 0.25) is 0 Å². The molecule has 5 atom stereocenters. The molecule has 1 aromatic carbocycles. The lowest BCUT2D eigenvalue weighted by molar-refractivity contribution is 0.0137. The Bertz CT molecular complexity index is 589. The highest BCUT2D eigenvalue weighted by Crippen LogP contribution is 2.51. The topological polar surface area (TPSA) is 56.3 Å². The van der Waals surface area contributed by atoms with Gasteiger partial charge in [-0.25, -0.2) is 0 Å². The van der Waals surface area contributed by atoms with E-state index in [4.69, 9.17) is 4.74 Å². The number of hydrogen-bond donors (Lipinski definition) is 2. The fourth-order valence-electron chi connectivity index (χ4n) is 4.29. The van der Waals surface area contributed by atoms with E-state index in [1.165, 1.54) is 12.8 Å². The van der Waals surface area contributed by atoms with Gasteiger partial charge in [-0.3, -0.25) is 0 Å². The monoisotopic (exact) mass is 334 g/mol. The molecule has 5 heteroatoms. The SMILES string of the molecule is CC(C)(C)[S+]([O-])N[C@@H]1c2ccccc2OC12C[C@H]1CC[C@@H](C2)N1. The van der Waals surface area contributed by atoms with E-state index < -0.39 is 11.4 Å². The summed E-state index contributed by atoms with van der Waals surface area (Å²) in [5.41, 5.74) is 0.896. The maximum absolute atomic E-state index is 12.8. The molecule has 23 heavy (non-hydrogen) atoms. The quantitative estimate of drug-likeness (QED) is 0.817. The maximum atomic E-state index is 12.8. The van der Waals surface area contributed by atoms with Crippen LogP contribution >= 0.6 is 0 Å². The Morgan fingerprint density at radius 1 is 1.22 bits per heavy atom. The van der Waals surface area contributed by atoms with Crippen molar-refractivity contribution in [3.8, 4) is 5.75 Å². The van der Waals surface area contributed by atoms with Gasteiger partial charge in [0, 0.05) is 41.9 Å². The van der Waals surface area contributed by atoms with Crippen molar-refractivity contribution in [1.29, 1.82) is 0 Å². The van der Waals surface area contributed by atoms with Crippen LogP contribution in [-0.4, -0.2) is 27.0 Å².